The first-order valence-electron chi connectivity index (χ1n) is 8.88. The molecule has 0 bridgehead atoms. The van der Waals surface area contributed by atoms with Crippen LogP contribution in [0.2, 0.25) is 0 Å². The van der Waals surface area contributed by atoms with Gasteiger partial charge in [0.1, 0.15) is 5.54 Å². The molecule has 0 heterocycles. The number of benzene rings is 1. The van der Waals surface area contributed by atoms with Gasteiger partial charge in [-0.1, -0.05) is 38.3 Å². The Morgan fingerprint density at radius 3 is 2.52 bits per heavy atom. The van der Waals surface area contributed by atoms with Crippen LogP contribution < -0.4 is 10.6 Å². The van der Waals surface area contributed by atoms with E-state index in [1.165, 1.54) is 12.1 Å². The lowest BCUT2D eigenvalue weighted by molar-refractivity contribution is -0.134. The summed E-state index contributed by atoms with van der Waals surface area (Å²) in [6, 6.07) is 6.32. The molecule has 0 spiro atoms. The average molecular weight is 346 g/mol. The van der Waals surface area contributed by atoms with Crippen LogP contribution in [0, 0.1) is 0 Å². The molecule has 1 aliphatic carbocycles. The standard InChI is InChI=1S/C19H26N2O4/c1-2-11-20-18(25)19(9-4-3-5-10-19)21-16(22)13-14-7-6-8-15(12-14)17(23)24/h6-8,12H,2-5,9-11,13H2,1H3,(H,20,25)(H,21,22)(H,23,24). The molecule has 1 aromatic carbocycles. The first-order chi connectivity index (χ1) is 12.0. The number of hydrogen-bond acceptors (Lipinski definition) is 3. The van der Waals surface area contributed by atoms with Crippen molar-refractivity contribution in [2.75, 3.05) is 6.54 Å². The first-order valence-corrected chi connectivity index (χ1v) is 8.88. The number of hydrogen-bond donors (Lipinski definition) is 3. The molecule has 1 saturated carbocycles. The molecule has 0 saturated heterocycles. The maximum absolute atomic E-state index is 12.6. The number of aromatic carboxylic acids is 1. The fourth-order valence-corrected chi connectivity index (χ4v) is 3.28. The van der Waals surface area contributed by atoms with Crippen LogP contribution in [0.25, 0.3) is 0 Å². The van der Waals surface area contributed by atoms with E-state index < -0.39 is 11.5 Å². The van der Waals surface area contributed by atoms with Gasteiger partial charge in [-0.3, -0.25) is 9.59 Å². The molecular weight excluding hydrogens is 320 g/mol. The quantitative estimate of drug-likeness (QED) is 0.706. The van der Waals surface area contributed by atoms with Gasteiger partial charge in [0, 0.05) is 6.54 Å². The lowest BCUT2D eigenvalue weighted by atomic mass is 9.80. The third-order valence-corrected chi connectivity index (χ3v) is 4.59. The average Bonchev–Trinajstić information content (AvgIpc) is 2.60. The van der Waals surface area contributed by atoms with Crippen molar-refractivity contribution >= 4 is 17.8 Å². The van der Waals surface area contributed by atoms with Crippen LogP contribution in [0.15, 0.2) is 24.3 Å². The number of nitrogens with one attached hydrogen (secondary N) is 2. The summed E-state index contributed by atoms with van der Waals surface area (Å²) in [4.78, 5) is 36.2. The summed E-state index contributed by atoms with van der Waals surface area (Å²) >= 11 is 0. The van der Waals surface area contributed by atoms with Crippen molar-refractivity contribution in [2.24, 2.45) is 0 Å². The highest BCUT2D eigenvalue weighted by Gasteiger charge is 2.40. The molecule has 1 fully saturated rings. The second-order valence-corrected chi connectivity index (χ2v) is 6.63. The van der Waals surface area contributed by atoms with E-state index >= 15 is 0 Å². The Kier molecular flexibility index (Phi) is 6.56. The number of carboxylic acid groups (broad SMARTS) is 1. The highest BCUT2D eigenvalue weighted by molar-refractivity contribution is 5.92. The van der Waals surface area contributed by atoms with E-state index in [2.05, 4.69) is 10.6 Å². The Bertz CT molecular complexity index is 636. The van der Waals surface area contributed by atoms with Crippen molar-refractivity contribution in [2.45, 2.75) is 57.4 Å². The zero-order valence-corrected chi connectivity index (χ0v) is 14.6. The molecule has 2 rings (SSSR count). The van der Waals surface area contributed by atoms with Crippen LogP contribution in [-0.4, -0.2) is 35.0 Å². The van der Waals surface area contributed by atoms with Gasteiger partial charge in [-0.25, -0.2) is 4.79 Å². The Labute approximate surface area is 148 Å². The molecule has 6 nitrogen and oxygen atoms in total. The molecule has 0 unspecified atom stereocenters. The van der Waals surface area contributed by atoms with Crippen LogP contribution in [0.4, 0.5) is 0 Å². The van der Waals surface area contributed by atoms with Crippen molar-refractivity contribution < 1.29 is 19.5 Å². The Balaban J connectivity index is 2.07. The van der Waals surface area contributed by atoms with E-state index in [-0.39, 0.29) is 23.8 Å². The Morgan fingerprint density at radius 2 is 1.88 bits per heavy atom. The number of carbonyl (C=O) groups excluding carboxylic acids is 2. The van der Waals surface area contributed by atoms with Crippen molar-refractivity contribution in [1.82, 2.24) is 10.6 Å². The van der Waals surface area contributed by atoms with E-state index in [0.29, 0.717) is 24.9 Å². The van der Waals surface area contributed by atoms with Crippen LogP contribution in [-0.2, 0) is 16.0 Å². The summed E-state index contributed by atoms with van der Waals surface area (Å²) in [5.74, 6) is -1.39. The highest BCUT2D eigenvalue weighted by atomic mass is 16.4. The van der Waals surface area contributed by atoms with Gasteiger partial charge in [-0.15, -0.1) is 0 Å². The summed E-state index contributed by atoms with van der Waals surface area (Å²) in [5, 5.41) is 14.9. The largest absolute Gasteiger partial charge is 0.478 e. The van der Waals surface area contributed by atoms with Gasteiger partial charge in [-0.2, -0.15) is 0 Å². The number of carbonyl (C=O) groups is 3. The minimum atomic E-state index is -1.02. The minimum absolute atomic E-state index is 0.0595. The summed E-state index contributed by atoms with van der Waals surface area (Å²) in [6.07, 6.45) is 5.08. The molecule has 136 valence electrons. The van der Waals surface area contributed by atoms with Crippen LogP contribution in [0.1, 0.15) is 61.4 Å². The predicted molar refractivity (Wildman–Crippen MR) is 94.4 cm³/mol. The van der Waals surface area contributed by atoms with Gasteiger partial charge in [0.15, 0.2) is 0 Å². The molecule has 0 aromatic heterocycles. The van der Waals surface area contributed by atoms with E-state index in [9.17, 15) is 14.4 Å². The summed E-state index contributed by atoms with van der Waals surface area (Å²) < 4.78 is 0. The van der Waals surface area contributed by atoms with Crippen LogP contribution in [0.5, 0.6) is 0 Å². The molecule has 0 aliphatic heterocycles. The van der Waals surface area contributed by atoms with Crippen molar-refractivity contribution in [1.29, 1.82) is 0 Å². The molecule has 3 N–H and O–H groups in total. The lowest BCUT2D eigenvalue weighted by Crippen LogP contribution is -2.60. The number of amides is 2. The van der Waals surface area contributed by atoms with Crippen molar-refractivity contribution in [3.8, 4) is 0 Å². The molecule has 1 aromatic rings. The highest BCUT2D eigenvalue weighted by Crippen LogP contribution is 2.28. The van der Waals surface area contributed by atoms with E-state index in [4.69, 9.17) is 5.11 Å². The molecule has 2 amide bonds. The van der Waals surface area contributed by atoms with Gasteiger partial charge < -0.3 is 15.7 Å². The van der Waals surface area contributed by atoms with Gasteiger partial charge in [0.2, 0.25) is 11.8 Å². The maximum Gasteiger partial charge on any atom is 0.335 e. The molecular formula is C19H26N2O4. The molecule has 0 radical (unpaired) electrons. The van der Waals surface area contributed by atoms with Crippen molar-refractivity contribution in [3.63, 3.8) is 0 Å². The third-order valence-electron chi connectivity index (χ3n) is 4.59. The number of carboxylic acids is 1. The molecule has 25 heavy (non-hydrogen) atoms. The first kappa shape index (κ1) is 19.0. The monoisotopic (exact) mass is 346 g/mol. The van der Waals surface area contributed by atoms with Gasteiger partial charge in [-0.05, 0) is 37.0 Å². The van der Waals surface area contributed by atoms with Crippen molar-refractivity contribution in [3.05, 3.63) is 35.4 Å². The van der Waals surface area contributed by atoms with E-state index in [0.717, 1.165) is 25.7 Å². The zero-order valence-electron chi connectivity index (χ0n) is 14.6. The summed E-state index contributed by atoms with van der Waals surface area (Å²) in [7, 11) is 0. The second kappa shape index (κ2) is 8.65. The molecule has 0 atom stereocenters. The smallest absolute Gasteiger partial charge is 0.335 e. The van der Waals surface area contributed by atoms with Gasteiger partial charge >= 0.3 is 5.97 Å². The van der Waals surface area contributed by atoms with E-state index in [1.807, 2.05) is 6.92 Å². The fourth-order valence-electron chi connectivity index (χ4n) is 3.28. The van der Waals surface area contributed by atoms with Crippen LogP contribution >= 0.6 is 0 Å². The molecule has 1 aliphatic rings. The Morgan fingerprint density at radius 1 is 1.16 bits per heavy atom. The van der Waals surface area contributed by atoms with Gasteiger partial charge in [0.05, 0.1) is 12.0 Å². The Hall–Kier alpha value is -2.37. The van der Waals surface area contributed by atoms with E-state index in [1.54, 1.807) is 12.1 Å². The zero-order chi connectivity index (χ0) is 18.3. The summed E-state index contributed by atoms with van der Waals surface area (Å²) in [5.41, 5.74) is -0.0646. The van der Waals surface area contributed by atoms with Crippen LogP contribution in [0.3, 0.4) is 0 Å². The second-order valence-electron chi connectivity index (χ2n) is 6.63. The lowest BCUT2D eigenvalue weighted by Gasteiger charge is -2.36. The maximum atomic E-state index is 12.6. The minimum Gasteiger partial charge on any atom is -0.478 e. The molecule has 6 heteroatoms. The topological polar surface area (TPSA) is 95.5 Å². The predicted octanol–water partition coefficient (Wildman–Crippen LogP) is 2.27. The third kappa shape index (κ3) is 5.05. The summed E-state index contributed by atoms with van der Waals surface area (Å²) in [6.45, 7) is 2.58. The fraction of sp³-hybridized carbons (Fsp3) is 0.526. The van der Waals surface area contributed by atoms with Gasteiger partial charge in [0.25, 0.3) is 0 Å². The SMILES string of the molecule is CCCNC(=O)C1(NC(=O)Cc2cccc(C(=O)O)c2)CCCCC1. The number of rotatable bonds is 7. The normalized spacial score (nSPS) is 16.0.